The molecule has 0 spiro atoms. The zero-order chi connectivity index (χ0) is 13.6. The molecule has 0 aromatic heterocycles. The molecule has 0 radical (unpaired) electrons. The van der Waals surface area contributed by atoms with E-state index >= 15 is 0 Å². The molecule has 0 heterocycles. The summed E-state index contributed by atoms with van der Waals surface area (Å²) in [6, 6.07) is 5.76. The molecular weight excluding hydrogens is 239 g/mol. The Morgan fingerprint density at radius 1 is 1.28 bits per heavy atom. The maximum Gasteiger partial charge on any atom is 0.416 e. The van der Waals surface area contributed by atoms with Crippen molar-refractivity contribution in [3.8, 4) is 0 Å². The zero-order valence-electron chi connectivity index (χ0n) is 10.6. The van der Waals surface area contributed by atoms with E-state index in [0.717, 1.165) is 25.1 Å². The van der Waals surface area contributed by atoms with Crippen LogP contribution in [0.25, 0.3) is 6.08 Å². The van der Waals surface area contributed by atoms with Crippen molar-refractivity contribution in [1.82, 2.24) is 5.32 Å². The van der Waals surface area contributed by atoms with Crippen molar-refractivity contribution >= 4 is 6.08 Å². The largest absolute Gasteiger partial charge is 0.416 e. The highest BCUT2D eigenvalue weighted by atomic mass is 19.4. The summed E-state index contributed by atoms with van der Waals surface area (Å²) in [6.45, 7) is 4.93. The lowest BCUT2D eigenvalue weighted by Gasteiger charge is -2.07. The Morgan fingerprint density at radius 2 is 2.00 bits per heavy atom. The molecule has 0 aliphatic heterocycles. The zero-order valence-corrected chi connectivity index (χ0v) is 10.6. The standard InChI is InChI=1S/C14H18F3N/c1-11(2)18-9-4-3-6-12-7-5-8-13(10-12)14(15,16)17/h3,5-8,10-11,18H,4,9H2,1-2H3. The predicted molar refractivity (Wildman–Crippen MR) is 68.2 cm³/mol. The summed E-state index contributed by atoms with van der Waals surface area (Å²) >= 11 is 0. The molecule has 1 rings (SSSR count). The number of alkyl halides is 3. The van der Waals surface area contributed by atoms with Gasteiger partial charge in [0.2, 0.25) is 0 Å². The number of rotatable bonds is 5. The Balaban J connectivity index is 2.55. The van der Waals surface area contributed by atoms with Gasteiger partial charge in [-0.25, -0.2) is 0 Å². The van der Waals surface area contributed by atoms with Gasteiger partial charge >= 0.3 is 6.18 Å². The average molecular weight is 257 g/mol. The fraction of sp³-hybridized carbons (Fsp3) is 0.429. The molecule has 18 heavy (non-hydrogen) atoms. The first-order chi connectivity index (χ1) is 8.39. The van der Waals surface area contributed by atoms with Crippen LogP contribution in [0.15, 0.2) is 30.3 Å². The van der Waals surface area contributed by atoms with E-state index < -0.39 is 11.7 Å². The first-order valence-corrected chi connectivity index (χ1v) is 5.97. The van der Waals surface area contributed by atoms with E-state index in [1.165, 1.54) is 6.07 Å². The molecule has 4 heteroatoms. The normalized spacial score (nSPS) is 12.6. The van der Waals surface area contributed by atoms with Gasteiger partial charge in [-0.1, -0.05) is 38.1 Å². The van der Waals surface area contributed by atoms with Gasteiger partial charge in [-0.3, -0.25) is 0 Å². The summed E-state index contributed by atoms with van der Waals surface area (Å²) in [5, 5.41) is 3.24. The Hall–Kier alpha value is -1.29. The SMILES string of the molecule is CC(C)NCCC=Cc1cccc(C(F)(F)F)c1. The number of halogens is 3. The molecule has 0 amide bonds. The molecule has 0 unspecified atom stereocenters. The van der Waals surface area contributed by atoms with Crippen LogP contribution in [0.5, 0.6) is 0 Å². The van der Waals surface area contributed by atoms with Gasteiger partial charge in [0.15, 0.2) is 0 Å². The second-order valence-electron chi connectivity index (χ2n) is 4.42. The number of benzene rings is 1. The first kappa shape index (κ1) is 14.8. The number of nitrogens with one attached hydrogen (secondary N) is 1. The predicted octanol–water partition coefficient (Wildman–Crippen LogP) is 4.11. The van der Waals surface area contributed by atoms with E-state index in [0.29, 0.717) is 11.6 Å². The third-order valence-corrected chi connectivity index (χ3v) is 2.39. The average Bonchev–Trinajstić information content (AvgIpc) is 2.27. The lowest BCUT2D eigenvalue weighted by molar-refractivity contribution is -0.137. The Labute approximate surface area is 106 Å². The first-order valence-electron chi connectivity index (χ1n) is 5.97. The van der Waals surface area contributed by atoms with Crippen LogP contribution in [0.3, 0.4) is 0 Å². The molecule has 1 aromatic carbocycles. The van der Waals surface area contributed by atoms with E-state index in [2.05, 4.69) is 19.2 Å². The van der Waals surface area contributed by atoms with Crippen LogP contribution < -0.4 is 5.32 Å². The molecule has 0 atom stereocenters. The van der Waals surface area contributed by atoms with Gasteiger partial charge in [0, 0.05) is 6.04 Å². The molecule has 0 aliphatic rings. The third kappa shape index (κ3) is 5.36. The monoisotopic (exact) mass is 257 g/mol. The maximum absolute atomic E-state index is 12.5. The van der Waals surface area contributed by atoms with E-state index in [4.69, 9.17) is 0 Å². The summed E-state index contributed by atoms with van der Waals surface area (Å²) in [4.78, 5) is 0. The molecule has 0 saturated heterocycles. The van der Waals surface area contributed by atoms with Crippen LogP contribution in [-0.2, 0) is 6.18 Å². The van der Waals surface area contributed by atoms with Crippen molar-refractivity contribution < 1.29 is 13.2 Å². The fourth-order valence-electron chi connectivity index (χ4n) is 1.49. The quantitative estimate of drug-likeness (QED) is 0.783. The molecule has 0 bridgehead atoms. The maximum atomic E-state index is 12.5. The van der Waals surface area contributed by atoms with Gasteiger partial charge in [-0.05, 0) is 30.7 Å². The topological polar surface area (TPSA) is 12.0 Å². The molecule has 0 aliphatic carbocycles. The number of hydrogen-bond acceptors (Lipinski definition) is 1. The van der Waals surface area contributed by atoms with Crippen LogP contribution in [-0.4, -0.2) is 12.6 Å². The van der Waals surface area contributed by atoms with Crippen molar-refractivity contribution in [3.05, 3.63) is 41.5 Å². The van der Waals surface area contributed by atoms with Crippen LogP contribution in [0.2, 0.25) is 0 Å². The third-order valence-electron chi connectivity index (χ3n) is 2.39. The molecule has 0 fully saturated rings. The minimum absolute atomic E-state index is 0.423. The van der Waals surface area contributed by atoms with Gasteiger partial charge in [-0.15, -0.1) is 0 Å². The van der Waals surface area contributed by atoms with Crippen molar-refractivity contribution in [3.63, 3.8) is 0 Å². The van der Waals surface area contributed by atoms with Gasteiger partial charge in [0.25, 0.3) is 0 Å². The summed E-state index contributed by atoms with van der Waals surface area (Å²) in [5.74, 6) is 0. The summed E-state index contributed by atoms with van der Waals surface area (Å²) in [5.41, 5.74) is -0.0284. The smallest absolute Gasteiger partial charge is 0.314 e. The van der Waals surface area contributed by atoms with Crippen molar-refractivity contribution in [2.75, 3.05) is 6.54 Å². The molecule has 100 valence electrons. The Kier molecular flexibility index (Phi) is 5.41. The fourth-order valence-corrected chi connectivity index (χ4v) is 1.49. The van der Waals surface area contributed by atoms with Crippen LogP contribution in [0.4, 0.5) is 13.2 Å². The summed E-state index contributed by atoms with van der Waals surface area (Å²) in [6.07, 6.45) is 0.125. The lowest BCUT2D eigenvalue weighted by Crippen LogP contribution is -2.23. The summed E-state index contributed by atoms with van der Waals surface area (Å²) < 4.78 is 37.4. The minimum Gasteiger partial charge on any atom is -0.314 e. The second kappa shape index (κ2) is 6.59. The van der Waals surface area contributed by atoms with Crippen LogP contribution in [0, 0.1) is 0 Å². The minimum atomic E-state index is -4.27. The van der Waals surface area contributed by atoms with Gasteiger partial charge in [0.1, 0.15) is 0 Å². The van der Waals surface area contributed by atoms with Gasteiger partial charge in [0.05, 0.1) is 5.56 Å². The van der Waals surface area contributed by atoms with Crippen molar-refractivity contribution in [1.29, 1.82) is 0 Å². The molecule has 1 N–H and O–H groups in total. The lowest BCUT2D eigenvalue weighted by atomic mass is 10.1. The highest BCUT2D eigenvalue weighted by Crippen LogP contribution is 2.29. The van der Waals surface area contributed by atoms with Gasteiger partial charge < -0.3 is 5.32 Å². The van der Waals surface area contributed by atoms with Crippen LogP contribution in [0.1, 0.15) is 31.4 Å². The highest BCUT2D eigenvalue weighted by molar-refractivity contribution is 5.50. The number of hydrogen-bond donors (Lipinski definition) is 1. The molecule has 1 nitrogen and oxygen atoms in total. The molecule has 1 aromatic rings. The second-order valence-corrected chi connectivity index (χ2v) is 4.42. The van der Waals surface area contributed by atoms with Crippen LogP contribution >= 0.6 is 0 Å². The van der Waals surface area contributed by atoms with E-state index in [-0.39, 0.29) is 0 Å². The van der Waals surface area contributed by atoms with E-state index in [1.54, 1.807) is 12.1 Å². The van der Waals surface area contributed by atoms with Crippen molar-refractivity contribution in [2.24, 2.45) is 0 Å². The Bertz CT molecular complexity index is 394. The Morgan fingerprint density at radius 3 is 2.61 bits per heavy atom. The van der Waals surface area contributed by atoms with Gasteiger partial charge in [-0.2, -0.15) is 13.2 Å². The molecular formula is C14H18F3N. The van der Waals surface area contributed by atoms with Crippen molar-refractivity contribution in [2.45, 2.75) is 32.5 Å². The molecule has 0 saturated carbocycles. The van der Waals surface area contributed by atoms with E-state index in [9.17, 15) is 13.2 Å². The van der Waals surface area contributed by atoms with E-state index in [1.807, 2.05) is 6.08 Å². The summed E-state index contributed by atoms with van der Waals surface area (Å²) in [7, 11) is 0. The highest BCUT2D eigenvalue weighted by Gasteiger charge is 2.30.